The lowest BCUT2D eigenvalue weighted by Gasteiger charge is -2.24. The maximum atomic E-state index is 13.1. The molecular weight excluding hydrogens is 393 g/mol. The number of benzene rings is 2. The van der Waals surface area contributed by atoms with Crippen LogP contribution in [0.15, 0.2) is 66.1 Å². The van der Waals surface area contributed by atoms with E-state index in [0.29, 0.717) is 6.54 Å². The summed E-state index contributed by atoms with van der Waals surface area (Å²) in [5.74, 6) is -0.450. The van der Waals surface area contributed by atoms with Gasteiger partial charge in [-0.1, -0.05) is 18.2 Å². The molecule has 0 unspecified atom stereocenters. The molecule has 0 spiro atoms. The van der Waals surface area contributed by atoms with Gasteiger partial charge in [-0.15, -0.1) is 6.58 Å². The first-order valence-corrected chi connectivity index (χ1v) is 9.74. The van der Waals surface area contributed by atoms with Crippen LogP contribution in [0, 0.1) is 0 Å². The van der Waals surface area contributed by atoms with E-state index in [-0.39, 0.29) is 22.7 Å². The molecule has 0 atom stereocenters. The third-order valence-corrected chi connectivity index (χ3v) is 5.57. The monoisotopic (exact) mass is 412 g/mol. The van der Waals surface area contributed by atoms with Crippen molar-refractivity contribution in [3.05, 3.63) is 72.3 Å². The Bertz CT molecular complexity index is 972. The predicted octanol–water partition coefficient (Wildman–Crippen LogP) is 3.84. The standard InChI is InChI=1S/C19H19F3N2O3S/c1-3-11-24(16-9-6-8-15(13-16)19(20,21)22)28(26,27)17-10-5-7-14(12-17)18(25)23-4-2/h3,5-10,12-13H,1,4,11H2,2H3,(H,23,25). The van der Waals surface area contributed by atoms with Crippen molar-refractivity contribution in [2.45, 2.75) is 18.0 Å². The smallest absolute Gasteiger partial charge is 0.352 e. The van der Waals surface area contributed by atoms with Gasteiger partial charge in [0, 0.05) is 12.1 Å². The number of nitrogens with one attached hydrogen (secondary N) is 1. The van der Waals surface area contributed by atoms with Crippen molar-refractivity contribution in [1.29, 1.82) is 0 Å². The number of sulfonamides is 1. The maximum Gasteiger partial charge on any atom is 0.416 e. The largest absolute Gasteiger partial charge is 0.416 e. The van der Waals surface area contributed by atoms with Crippen molar-refractivity contribution >= 4 is 21.6 Å². The SMILES string of the molecule is C=CCN(c1cccc(C(F)(F)F)c1)S(=O)(=O)c1cccc(C(=O)NCC)c1. The second kappa shape index (κ2) is 8.47. The van der Waals surface area contributed by atoms with Crippen molar-refractivity contribution in [3.8, 4) is 0 Å². The third-order valence-electron chi connectivity index (χ3n) is 3.78. The van der Waals surface area contributed by atoms with Crippen LogP contribution >= 0.6 is 0 Å². The van der Waals surface area contributed by atoms with E-state index in [1.165, 1.54) is 36.4 Å². The first-order valence-electron chi connectivity index (χ1n) is 8.30. The van der Waals surface area contributed by atoms with E-state index in [1.54, 1.807) is 6.92 Å². The van der Waals surface area contributed by atoms with E-state index >= 15 is 0 Å². The molecule has 28 heavy (non-hydrogen) atoms. The average molecular weight is 412 g/mol. The summed E-state index contributed by atoms with van der Waals surface area (Å²) in [5, 5.41) is 2.56. The van der Waals surface area contributed by atoms with Crippen LogP contribution in [0.3, 0.4) is 0 Å². The molecule has 0 heterocycles. The van der Waals surface area contributed by atoms with Crippen molar-refractivity contribution in [1.82, 2.24) is 5.32 Å². The molecule has 0 aliphatic heterocycles. The van der Waals surface area contributed by atoms with E-state index in [0.717, 1.165) is 22.5 Å². The van der Waals surface area contributed by atoms with Gasteiger partial charge in [-0.25, -0.2) is 8.42 Å². The topological polar surface area (TPSA) is 66.5 Å². The average Bonchev–Trinajstić information content (AvgIpc) is 2.65. The summed E-state index contributed by atoms with van der Waals surface area (Å²) in [5.41, 5.74) is -0.992. The molecule has 0 aliphatic carbocycles. The summed E-state index contributed by atoms with van der Waals surface area (Å²) in [6.07, 6.45) is -3.34. The quantitative estimate of drug-likeness (QED) is 0.703. The molecule has 1 amide bonds. The van der Waals surface area contributed by atoms with Gasteiger partial charge in [0.2, 0.25) is 0 Å². The highest BCUT2D eigenvalue weighted by molar-refractivity contribution is 7.92. The van der Waals surface area contributed by atoms with Gasteiger partial charge in [-0.05, 0) is 43.3 Å². The highest BCUT2D eigenvalue weighted by Crippen LogP contribution is 2.33. The van der Waals surface area contributed by atoms with Crippen LogP contribution in [0.2, 0.25) is 0 Å². The molecule has 1 N–H and O–H groups in total. The number of anilines is 1. The summed E-state index contributed by atoms with van der Waals surface area (Å²) >= 11 is 0. The summed E-state index contributed by atoms with van der Waals surface area (Å²) < 4.78 is 66.0. The highest BCUT2D eigenvalue weighted by Gasteiger charge is 2.32. The number of halogens is 3. The Kier molecular flexibility index (Phi) is 6.50. The van der Waals surface area contributed by atoms with Crippen LogP contribution in [0.4, 0.5) is 18.9 Å². The normalized spacial score (nSPS) is 11.7. The first kappa shape index (κ1) is 21.5. The zero-order valence-electron chi connectivity index (χ0n) is 15.0. The van der Waals surface area contributed by atoms with Crippen molar-refractivity contribution in [2.24, 2.45) is 0 Å². The first-order chi connectivity index (χ1) is 13.1. The van der Waals surface area contributed by atoms with Gasteiger partial charge < -0.3 is 5.32 Å². The van der Waals surface area contributed by atoms with Crippen LogP contribution < -0.4 is 9.62 Å². The summed E-state index contributed by atoms with van der Waals surface area (Å²) in [7, 11) is -4.23. The molecule has 5 nitrogen and oxygen atoms in total. The van der Waals surface area contributed by atoms with Gasteiger partial charge >= 0.3 is 6.18 Å². The van der Waals surface area contributed by atoms with Crippen molar-refractivity contribution in [3.63, 3.8) is 0 Å². The molecule has 9 heteroatoms. The van der Waals surface area contributed by atoms with Crippen LogP contribution in [-0.4, -0.2) is 27.4 Å². The van der Waals surface area contributed by atoms with Gasteiger partial charge in [0.05, 0.1) is 22.7 Å². The highest BCUT2D eigenvalue weighted by atomic mass is 32.2. The maximum absolute atomic E-state index is 13.1. The molecule has 2 aromatic carbocycles. The predicted molar refractivity (Wildman–Crippen MR) is 101 cm³/mol. The Labute approximate surface area is 161 Å². The number of carbonyl (C=O) groups is 1. The number of rotatable bonds is 7. The lowest BCUT2D eigenvalue weighted by Crippen LogP contribution is -2.32. The molecule has 0 saturated heterocycles. The minimum atomic E-state index is -4.61. The lowest BCUT2D eigenvalue weighted by molar-refractivity contribution is -0.137. The summed E-state index contributed by atoms with van der Waals surface area (Å²) in [6, 6.07) is 9.33. The Morgan fingerprint density at radius 2 is 1.86 bits per heavy atom. The Balaban J connectivity index is 2.53. The minimum Gasteiger partial charge on any atom is -0.352 e. The molecule has 0 aromatic heterocycles. The summed E-state index contributed by atoms with van der Waals surface area (Å²) in [4.78, 5) is 11.8. The molecule has 0 aliphatic rings. The number of amides is 1. The second-order valence-electron chi connectivity index (χ2n) is 5.76. The molecule has 0 radical (unpaired) electrons. The Morgan fingerprint density at radius 1 is 1.18 bits per heavy atom. The van der Waals surface area contributed by atoms with E-state index in [1.807, 2.05) is 0 Å². The molecular formula is C19H19F3N2O3S. The van der Waals surface area contributed by atoms with Crippen LogP contribution in [0.25, 0.3) is 0 Å². The number of hydrogen-bond acceptors (Lipinski definition) is 3. The third kappa shape index (κ3) is 4.72. The van der Waals surface area contributed by atoms with Crippen LogP contribution in [0.1, 0.15) is 22.8 Å². The zero-order chi connectivity index (χ0) is 20.9. The van der Waals surface area contributed by atoms with Crippen LogP contribution in [0.5, 0.6) is 0 Å². The van der Waals surface area contributed by atoms with Crippen molar-refractivity contribution < 1.29 is 26.4 Å². The number of alkyl halides is 3. The fourth-order valence-electron chi connectivity index (χ4n) is 2.48. The number of hydrogen-bond donors (Lipinski definition) is 1. The van der Waals surface area contributed by atoms with Gasteiger partial charge in [-0.3, -0.25) is 9.10 Å². The fraction of sp³-hybridized carbons (Fsp3) is 0.211. The van der Waals surface area contributed by atoms with Gasteiger partial charge in [0.1, 0.15) is 0 Å². The van der Waals surface area contributed by atoms with Gasteiger partial charge in [-0.2, -0.15) is 13.2 Å². The lowest BCUT2D eigenvalue weighted by atomic mass is 10.2. The van der Waals surface area contributed by atoms with E-state index in [2.05, 4.69) is 11.9 Å². The second-order valence-corrected chi connectivity index (χ2v) is 7.62. The molecule has 2 rings (SSSR count). The van der Waals surface area contributed by atoms with Crippen molar-refractivity contribution in [2.75, 3.05) is 17.4 Å². The molecule has 2 aromatic rings. The minimum absolute atomic E-state index is 0.130. The Hall–Kier alpha value is -2.81. The van der Waals surface area contributed by atoms with Crippen LogP contribution in [-0.2, 0) is 16.2 Å². The number of carbonyl (C=O) groups excluding carboxylic acids is 1. The van der Waals surface area contributed by atoms with Gasteiger partial charge in [0.25, 0.3) is 15.9 Å². The Morgan fingerprint density at radius 3 is 2.46 bits per heavy atom. The molecule has 0 fully saturated rings. The van der Waals surface area contributed by atoms with E-state index in [4.69, 9.17) is 0 Å². The zero-order valence-corrected chi connectivity index (χ0v) is 15.8. The van der Waals surface area contributed by atoms with E-state index in [9.17, 15) is 26.4 Å². The molecule has 0 bridgehead atoms. The molecule has 0 saturated carbocycles. The van der Waals surface area contributed by atoms with E-state index < -0.39 is 27.7 Å². The summed E-state index contributed by atoms with van der Waals surface area (Å²) in [6.45, 7) is 5.32. The van der Waals surface area contributed by atoms with Gasteiger partial charge in [0.15, 0.2) is 0 Å². The number of nitrogens with zero attached hydrogens (tertiary/aromatic N) is 1. The fourth-order valence-corrected chi connectivity index (χ4v) is 3.96. The molecule has 150 valence electrons.